The minimum atomic E-state index is 0.106. The summed E-state index contributed by atoms with van der Waals surface area (Å²) in [6, 6.07) is 3.79. The molecule has 5 heteroatoms. The average molecular weight is 237 g/mol. The molecule has 2 N–H and O–H groups in total. The van der Waals surface area contributed by atoms with E-state index in [0.717, 1.165) is 18.9 Å². The summed E-state index contributed by atoms with van der Waals surface area (Å²) in [6.07, 6.45) is 1.89. The number of nitrogens with two attached hydrogens (primary N) is 1. The molecule has 1 aliphatic rings. The monoisotopic (exact) mass is 237 g/mol. The van der Waals surface area contributed by atoms with Gasteiger partial charge in [-0.05, 0) is 19.1 Å². The first kappa shape index (κ1) is 12.1. The molecule has 5 nitrogen and oxygen atoms in total. The molecule has 0 bridgehead atoms. The van der Waals surface area contributed by atoms with Crippen molar-refractivity contribution in [3.05, 3.63) is 18.3 Å². The third-order valence-electron chi connectivity index (χ3n) is 2.99. The van der Waals surface area contributed by atoms with Gasteiger partial charge < -0.3 is 20.1 Å². The van der Waals surface area contributed by atoms with Crippen LogP contribution in [0.4, 0.5) is 11.5 Å². The molecule has 0 aromatic carbocycles. The van der Waals surface area contributed by atoms with Gasteiger partial charge in [0.25, 0.3) is 0 Å². The maximum atomic E-state index is 5.66. The van der Waals surface area contributed by atoms with Crippen molar-refractivity contribution in [2.24, 2.45) is 0 Å². The fourth-order valence-corrected chi connectivity index (χ4v) is 2.12. The van der Waals surface area contributed by atoms with E-state index >= 15 is 0 Å². The Bertz CT molecular complexity index is 355. The van der Waals surface area contributed by atoms with Gasteiger partial charge in [0.15, 0.2) is 0 Å². The summed E-state index contributed by atoms with van der Waals surface area (Å²) in [4.78, 5) is 6.47. The lowest BCUT2D eigenvalue weighted by Crippen LogP contribution is -2.28. The van der Waals surface area contributed by atoms with Gasteiger partial charge in [-0.1, -0.05) is 0 Å². The van der Waals surface area contributed by atoms with Crippen LogP contribution in [0.25, 0.3) is 0 Å². The van der Waals surface area contributed by atoms with Crippen molar-refractivity contribution in [2.75, 3.05) is 37.4 Å². The maximum Gasteiger partial charge on any atom is 0.128 e. The molecular weight excluding hydrogens is 218 g/mol. The number of hydrogen-bond acceptors (Lipinski definition) is 5. The fraction of sp³-hybridized carbons (Fsp3) is 0.583. The first-order chi connectivity index (χ1) is 8.24. The highest BCUT2D eigenvalue weighted by atomic mass is 16.5. The second-order valence-electron chi connectivity index (χ2n) is 4.12. The number of methoxy groups -OCH3 is 1. The Morgan fingerprint density at radius 2 is 2.18 bits per heavy atom. The number of rotatable bonds is 4. The Labute approximate surface area is 102 Å². The average Bonchev–Trinajstić information content (AvgIpc) is 2.74. The fourth-order valence-electron chi connectivity index (χ4n) is 2.12. The Morgan fingerprint density at radius 3 is 2.76 bits per heavy atom. The summed E-state index contributed by atoms with van der Waals surface area (Å²) in [7, 11) is 1.72. The van der Waals surface area contributed by atoms with Crippen molar-refractivity contribution in [1.82, 2.24) is 4.98 Å². The van der Waals surface area contributed by atoms with Crippen LogP contribution in [0, 0.1) is 0 Å². The summed E-state index contributed by atoms with van der Waals surface area (Å²) in [5.41, 5.74) is 6.30. The van der Waals surface area contributed by atoms with Crippen molar-refractivity contribution < 1.29 is 9.47 Å². The van der Waals surface area contributed by atoms with Gasteiger partial charge in [0.1, 0.15) is 18.0 Å². The van der Waals surface area contributed by atoms with E-state index in [0.29, 0.717) is 12.3 Å². The Balaban J connectivity index is 2.06. The summed E-state index contributed by atoms with van der Waals surface area (Å²) >= 11 is 0. The van der Waals surface area contributed by atoms with Crippen LogP contribution in [0.15, 0.2) is 18.3 Å². The van der Waals surface area contributed by atoms with Gasteiger partial charge >= 0.3 is 0 Å². The van der Waals surface area contributed by atoms with Gasteiger partial charge in [0.2, 0.25) is 0 Å². The van der Waals surface area contributed by atoms with Crippen LogP contribution in [0.5, 0.6) is 0 Å². The number of aromatic nitrogens is 1. The summed E-state index contributed by atoms with van der Waals surface area (Å²) in [6.45, 7) is 4.31. The zero-order valence-electron chi connectivity index (χ0n) is 10.3. The van der Waals surface area contributed by atoms with E-state index in [1.807, 2.05) is 19.1 Å². The minimum absolute atomic E-state index is 0.106. The third-order valence-corrected chi connectivity index (χ3v) is 2.99. The van der Waals surface area contributed by atoms with Crippen LogP contribution in [0.2, 0.25) is 0 Å². The van der Waals surface area contributed by atoms with Crippen molar-refractivity contribution in [1.29, 1.82) is 0 Å². The quantitative estimate of drug-likeness (QED) is 0.843. The highest BCUT2D eigenvalue weighted by Gasteiger charge is 2.33. The molecular formula is C12H19N3O2. The topological polar surface area (TPSA) is 60.6 Å². The summed E-state index contributed by atoms with van der Waals surface area (Å²) in [5.74, 6) is 0.920. The summed E-state index contributed by atoms with van der Waals surface area (Å²) in [5, 5.41) is 0. The van der Waals surface area contributed by atoms with Crippen molar-refractivity contribution in [2.45, 2.75) is 19.1 Å². The molecule has 1 fully saturated rings. The molecule has 2 rings (SSSR count). The van der Waals surface area contributed by atoms with Crippen LogP contribution in [0.1, 0.15) is 6.92 Å². The first-order valence-electron chi connectivity index (χ1n) is 5.85. The number of nitrogens with zero attached hydrogens (tertiary/aromatic N) is 2. The van der Waals surface area contributed by atoms with Crippen LogP contribution in [-0.4, -0.2) is 44.0 Å². The normalized spacial score (nSPS) is 24.2. The van der Waals surface area contributed by atoms with Crippen LogP contribution in [-0.2, 0) is 9.47 Å². The predicted octanol–water partition coefficient (Wildman–Crippen LogP) is 0.904. The minimum Gasteiger partial charge on any atom is -0.397 e. The van der Waals surface area contributed by atoms with Gasteiger partial charge in [-0.25, -0.2) is 4.98 Å². The van der Waals surface area contributed by atoms with Crippen molar-refractivity contribution >= 4 is 11.5 Å². The Morgan fingerprint density at radius 1 is 1.41 bits per heavy atom. The predicted molar refractivity (Wildman–Crippen MR) is 67.1 cm³/mol. The second-order valence-corrected chi connectivity index (χ2v) is 4.12. The molecule has 1 aromatic rings. The third kappa shape index (κ3) is 2.68. The van der Waals surface area contributed by atoms with Crippen LogP contribution in [0.3, 0.4) is 0 Å². The Kier molecular flexibility index (Phi) is 3.81. The molecule has 1 aliphatic heterocycles. The van der Waals surface area contributed by atoms with Gasteiger partial charge in [0.05, 0.1) is 11.9 Å². The molecule has 1 aromatic heterocycles. The van der Waals surface area contributed by atoms with E-state index in [1.54, 1.807) is 13.3 Å². The number of nitrogen functional groups attached to an aromatic ring is 1. The molecule has 1 saturated heterocycles. The van der Waals surface area contributed by atoms with Crippen LogP contribution >= 0.6 is 0 Å². The van der Waals surface area contributed by atoms with E-state index < -0.39 is 0 Å². The molecule has 2 heterocycles. The SMILES string of the molecule is CCO[C@@H]1CN(c2ccc(N)cn2)C[C@H]1OC. The molecule has 0 amide bonds. The number of anilines is 2. The number of hydrogen-bond donors (Lipinski definition) is 1. The van der Waals surface area contributed by atoms with Crippen molar-refractivity contribution in [3.8, 4) is 0 Å². The molecule has 0 spiro atoms. The highest BCUT2D eigenvalue weighted by Crippen LogP contribution is 2.22. The van der Waals surface area contributed by atoms with E-state index in [2.05, 4.69) is 9.88 Å². The van der Waals surface area contributed by atoms with Crippen molar-refractivity contribution in [3.63, 3.8) is 0 Å². The number of ether oxygens (including phenoxy) is 2. The van der Waals surface area contributed by atoms with Crippen LogP contribution < -0.4 is 10.6 Å². The lowest BCUT2D eigenvalue weighted by Gasteiger charge is -2.16. The van der Waals surface area contributed by atoms with Gasteiger partial charge in [-0.15, -0.1) is 0 Å². The molecule has 17 heavy (non-hydrogen) atoms. The smallest absolute Gasteiger partial charge is 0.128 e. The summed E-state index contributed by atoms with van der Waals surface area (Å²) < 4.78 is 11.1. The molecule has 94 valence electrons. The lowest BCUT2D eigenvalue weighted by atomic mass is 10.2. The van der Waals surface area contributed by atoms with Gasteiger partial charge in [0, 0.05) is 26.8 Å². The molecule has 0 aliphatic carbocycles. The molecule has 0 saturated carbocycles. The molecule has 2 atom stereocenters. The second kappa shape index (κ2) is 5.33. The van der Waals surface area contributed by atoms with Gasteiger partial charge in [-0.2, -0.15) is 0 Å². The van der Waals surface area contributed by atoms with E-state index in [1.165, 1.54) is 0 Å². The molecule has 0 radical (unpaired) electrons. The highest BCUT2D eigenvalue weighted by molar-refractivity contribution is 5.46. The van der Waals surface area contributed by atoms with E-state index in [4.69, 9.17) is 15.2 Å². The molecule has 0 unspecified atom stereocenters. The number of pyridine rings is 1. The Hall–Kier alpha value is -1.33. The van der Waals surface area contributed by atoms with E-state index in [9.17, 15) is 0 Å². The zero-order chi connectivity index (χ0) is 12.3. The largest absolute Gasteiger partial charge is 0.397 e. The first-order valence-corrected chi connectivity index (χ1v) is 5.85. The van der Waals surface area contributed by atoms with Gasteiger partial charge in [-0.3, -0.25) is 0 Å². The lowest BCUT2D eigenvalue weighted by molar-refractivity contribution is -0.0232. The maximum absolute atomic E-state index is 5.66. The van der Waals surface area contributed by atoms with E-state index in [-0.39, 0.29) is 12.2 Å². The standard InChI is InChI=1S/C12H19N3O2/c1-3-17-11-8-15(7-10(11)16-2)12-5-4-9(13)6-14-12/h4-6,10-11H,3,7-8,13H2,1-2H3/t10-,11-/m1/s1. The zero-order valence-corrected chi connectivity index (χ0v) is 10.3.